The fourth-order valence-electron chi connectivity index (χ4n) is 3.85. The molecular weight excluding hydrogens is 302 g/mol. The van der Waals surface area contributed by atoms with Crippen molar-refractivity contribution >= 4 is 11.8 Å². The standard InChI is InChI=1S/C19H35N3O2/c1-14(2)21(4)19(24)16-7-10-22(11-8-16)18(23)12-15(3)17-6-5-9-20-13-17/h14-17,20H,5-13H2,1-4H3. The lowest BCUT2D eigenvalue weighted by molar-refractivity contribution is -0.141. The Morgan fingerprint density at radius 1 is 1.17 bits per heavy atom. The van der Waals surface area contributed by atoms with Crippen molar-refractivity contribution in [3.05, 3.63) is 0 Å². The molecule has 0 radical (unpaired) electrons. The maximum atomic E-state index is 12.6. The van der Waals surface area contributed by atoms with E-state index < -0.39 is 0 Å². The first kappa shape index (κ1) is 19.2. The molecule has 2 heterocycles. The van der Waals surface area contributed by atoms with Gasteiger partial charge in [-0.15, -0.1) is 0 Å². The van der Waals surface area contributed by atoms with Gasteiger partial charge < -0.3 is 15.1 Å². The van der Waals surface area contributed by atoms with Gasteiger partial charge in [0, 0.05) is 38.5 Å². The number of amides is 2. The fraction of sp³-hybridized carbons (Fsp3) is 0.895. The van der Waals surface area contributed by atoms with Gasteiger partial charge in [-0.3, -0.25) is 9.59 Å². The first-order valence-corrected chi connectivity index (χ1v) is 9.65. The van der Waals surface area contributed by atoms with E-state index in [1.54, 1.807) is 0 Å². The summed E-state index contributed by atoms with van der Waals surface area (Å²) >= 11 is 0. The van der Waals surface area contributed by atoms with E-state index in [9.17, 15) is 9.59 Å². The van der Waals surface area contributed by atoms with Crippen LogP contribution in [0.3, 0.4) is 0 Å². The van der Waals surface area contributed by atoms with Gasteiger partial charge in [0.25, 0.3) is 0 Å². The second-order valence-corrected chi connectivity index (χ2v) is 7.99. The number of nitrogens with one attached hydrogen (secondary N) is 1. The van der Waals surface area contributed by atoms with E-state index in [1.807, 2.05) is 30.7 Å². The van der Waals surface area contributed by atoms with Crippen LogP contribution in [-0.2, 0) is 9.59 Å². The van der Waals surface area contributed by atoms with Crippen molar-refractivity contribution in [3.63, 3.8) is 0 Å². The van der Waals surface area contributed by atoms with Crippen LogP contribution < -0.4 is 5.32 Å². The highest BCUT2D eigenvalue weighted by Gasteiger charge is 2.31. The van der Waals surface area contributed by atoms with Crippen LogP contribution in [0.4, 0.5) is 0 Å². The zero-order valence-corrected chi connectivity index (χ0v) is 15.9. The average molecular weight is 338 g/mol. The fourth-order valence-corrected chi connectivity index (χ4v) is 3.85. The van der Waals surface area contributed by atoms with E-state index in [4.69, 9.17) is 0 Å². The number of likely N-dealkylation sites (tertiary alicyclic amines) is 1. The minimum atomic E-state index is 0.0846. The summed E-state index contributed by atoms with van der Waals surface area (Å²) in [6.07, 6.45) is 4.72. The van der Waals surface area contributed by atoms with Crippen LogP contribution in [-0.4, -0.2) is 60.9 Å². The summed E-state index contributed by atoms with van der Waals surface area (Å²) in [5, 5.41) is 3.44. The van der Waals surface area contributed by atoms with Crippen molar-refractivity contribution in [1.82, 2.24) is 15.1 Å². The predicted molar refractivity (Wildman–Crippen MR) is 96.6 cm³/mol. The zero-order valence-electron chi connectivity index (χ0n) is 15.9. The van der Waals surface area contributed by atoms with Crippen LogP contribution in [0.25, 0.3) is 0 Å². The zero-order chi connectivity index (χ0) is 17.7. The molecular formula is C19H35N3O2. The molecule has 1 N–H and O–H groups in total. The van der Waals surface area contributed by atoms with Gasteiger partial charge in [0.15, 0.2) is 0 Å². The summed E-state index contributed by atoms with van der Waals surface area (Å²) in [5.74, 6) is 1.66. The third kappa shape index (κ3) is 4.95. The van der Waals surface area contributed by atoms with Gasteiger partial charge in [-0.05, 0) is 64.5 Å². The van der Waals surface area contributed by atoms with Gasteiger partial charge in [0.2, 0.25) is 11.8 Å². The van der Waals surface area contributed by atoms with Crippen LogP contribution in [0.2, 0.25) is 0 Å². The van der Waals surface area contributed by atoms with E-state index in [2.05, 4.69) is 12.2 Å². The van der Waals surface area contributed by atoms with Gasteiger partial charge in [-0.1, -0.05) is 6.92 Å². The van der Waals surface area contributed by atoms with E-state index >= 15 is 0 Å². The van der Waals surface area contributed by atoms with Gasteiger partial charge in [0.05, 0.1) is 0 Å². The summed E-state index contributed by atoms with van der Waals surface area (Å²) in [6.45, 7) is 9.92. The summed E-state index contributed by atoms with van der Waals surface area (Å²) in [7, 11) is 1.88. The highest BCUT2D eigenvalue weighted by atomic mass is 16.2. The van der Waals surface area contributed by atoms with Gasteiger partial charge in [0.1, 0.15) is 0 Å². The predicted octanol–water partition coefficient (Wildman–Crippen LogP) is 2.12. The molecule has 2 aliphatic rings. The van der Waals surface area contributed by atoms with Crippen molar-refractivity contribution in [1.29, 1.82) is 0 Å². The topological polar surface area (TPSA) is 52.7 Å². The molecule has 0 bridgehead atoms. The summed E-state index contributed by atoms with van der Waals surface area (Å²) in [6, 6.07) is 0.238. The molecule has 2 rings (SSSR count). The van der Waals surface area contributed by atoms with Crippen LogP contribution >= 0.6 is 0 Å². The molecule has 2 saturated heterocycles. The maximum Gasteiger partial charge on any atom is 0.225 e. The van der Waals surface area contributed by atoms with Crippen LogP contribution in [0.15, 0.2) is 0 Å². The lowest BCUT2D eigenvalue weighted by Gasteiger charge is -2.35. The van der Waals surface area contributed by atoms with E-state index in [-0.39, 0.29) is 23.8 Å². The Balaban J connectivity index is 1.77. The molecule has 0 aliphatic carbocycles. The molecule has 0 saturated carbocycles. The van der Waals surface area contributed by atoms with Crippen molar-refractivity contribution in [2.75, 3.05) is 33.2 Å². The smallest absolute Gasteiger partial charge is 0.225 e. The SMILES string of the molecule is CC(CC(=O)N1CCC(C(=O)N(C)C(C)C)CC1)C1CCCNC1. The monoisotopic (exact) mass is 337 g/mol. The molecule has 2 aliphatic heterocycles. The second kappa shape index (κ2) is 8.84. The third-order valence-corrected chi connectivity index (χ3v) is 5.96. The van der Waals surface area contributed by atoms with Gasteiger partial charge >= 0.3 is 0 Å². The molecule has 2 unspecified atom stereocenters. The third-order valence-electron chi connectivity index (χ3n) is 5.96. The number of hydrogen-bond donors (Lipinski definition) is 1. The van der Waals surface area contributed by atoms with Crippen LogP contribution in [0.1, 0.15) is 52.9 Å². The van der Waals surface area contributed by atoms with Crippen molar-refractivity contribution < 1.29 is 9.59 Å². The summed E-state index contributed by atoms with van der Waals surface area (Å²) in [4.78, 5) is 28.8. The molecule has 0 aromatic heterocycles. The number of carbonyl (C=O) groups excluding carboxylic acids is 2. The number of hydrogen-bond acceptors (Lipinski definition) is 3. The molecule has 0 aromatic carbocycles. The second-order valence-electron chi connectivity index (χ2n) is 7.99. The molecule has 2 fully saturated rings. The minimum Gasteiger partial charge on any atom is -0.343 e. The Kier molecular flexibility index (Phi) is 7.08. The Morgan fingerprint density at radius 3 is 2.38 bits per heavy atom. The highest BCUT2D eigenvalue weighted by Crippen LogP contribution is 2.25. The minimum absolute atomic E-state index is 0.0846. The summed E-state index contributed by atoms with van der Waals surface area (Å²) < 4.78 is 0. The molecule has 0 spiro atoms. The quantitative estimate of drug-likeness (QED) is 0.836. The largest absolute Gasteiger partial charge is 0.343 e. The van der Waals surface area contributed by atoms with Gasteiger partial charge in [-0.25, -0.2) is 0 Å². The van der Waals surface area contributed by atoms with Crippen LogP contribution in [0.5, 0.6) is 0 Å². The highest BCUT2D eigenvalue weighted by molar-refractivity contribution is 5.80. The molecule has 5 nitrogen and oxygen atoms in total. The van der Waals surface area contributed by atoms with Crippen LogP contribution in [0, 0.1) is 17.8 Å². The Hall–Kier alpha value is -1.10. The van der Waals surface area contributed by atoms with E-state index in [0.717, 1.165) is 39.0 Å². The number of rotatable bonds is 5. The normalized spacial score (nSPS) is 24.0. The first-order valence-electron chi connectivity index (χ1n) is 9.65. The molecule has 2 amide bonds. The first-order chi connectivity index (χ1) is 11.4. The maximum absolute atomic E-state index is 12.6. The Labute approximate surface area is 147 Å². The molecule has 5 heteroatoms. The van der Waals surface area contributed by atoms with E-state index in [1.165, 1.54) is 12.8 Å². The lowest BCUT2D eigenvalue weighted by atomic mass is 9.85. The van der Waals surface area contributed by atoms with Gasteiger partial charge in [-0.2, -0.15) is 0 Å². The Morgan fingerprint density at radius 2 is 1.83 bits per heavy atom. The molecule has 24 heavy (non-hydrogen) atoms. The number of piperidine rings is 2. The molecule has 2 atom stereocenters. The Bertz CT molecular complexity index is 424. The number of carbonyl (C=O) groups is 2. The molecule has 0 aromatic rings. The van der Waals surface area contributed by atoms with E-state index in [0.29, 0.717) is 18.3 Å². The lowest BCUT2D eigenvalue weighted by Crippen LogP contribution is -2.45. The summed E-state index contributed by atoms with van der Waals surface area (Å²) in [5.41, 5.74) is 0. The average Bonchev–Trinajstić information content (AvgIpc) is 2.61. The van der Waals surface area contributed by atoms with Crippen molar-refractivity contribution in [3.8, 4) is 0 Å². The number of nitrogens with zero attached hydrogens (tertiary/aromatic N) is 2. The van der Waals surface area contributed by atoms with Crippen molar-refractivity contribution in [2.24, 2.45) is 17.8 Å². The van der Waals surface area contributed by atoms with Crippen molar-refractivity contribution in [2.45, 2.75) is 58.9 Å². The molecule has 138 valence electrons.